The van der Waals surface area contributed by atoms with Crippen molar-refractivity contribution in [3.8, 4) is 11.1 Å². The van der Waals surface area contributed by atoms with Crippen LogP contribution in [0.1, 0.15) is 20.7 Å². The molecule has 0 spiro atoms. The van der Waals surface area contributed by atoms with Gasteiger partial charge in [-0.05, 0) is 35.9 Å². The number of nitrogen functional groups attached to an aromatic ring is 2. The average molecular weight is 402 g/mol. The summed E-state index contributed by atoms with van der Waals surface area (Å²) in [6, 6.07) is 11.5. The summed E-state index contributed by atoms with van der Waals surface area (Å²) in [5, 5.41) is 14.7. The highest BCUT2D eigenvalue weighted by molar-refractivity contribution is 7.15. The minimum absolute atomic E-state index is 0.251. The zero-order valence-electron chi connectivity index (χ0n) is 14.0. The predicted octanol–water partition coefficient (Wildman–Crippen LogP) is 3.66. The standard InChI is InChI=1S/C19H16ClN3O3S/c20-12-4-1-10(2-5-12)13-9-27-19(17(13)16(25)8-24)23-18(26)11-3-6-14(21)15(22)7-11/h1-7,9,24H,8,21-22H2,(H,23,26). The van der Waals surface area contributed by atoms with Crippen LogP contribution in [0, 0.1) is 0 Å². The Labute approximate surface area is 164 Å². The molecule has 1 amide bonds. The maximum Gasteiger partial charge on any atom is 0.256 e. The summed E-state index contributed by atoms with van der Waals surface area (Å²) in [4.78, 5) is 24.9. The number of benzene rings is 2. The van der Waals surface area contributed by atoms with Crippen molar-refractivity contribution >= 4 is 51.0 Å². The summed E-state index contributed by atoms with van der Waals surface area (Å²) in [7, 11) is 0. The number of carbonyl (C=O) groups is 2. The highest BCUT2D eigenvalue weighted by Gasteiger charge is 2.21. The molecule has 0 saturated carbocycles. The summed E-state index contributed by atoms with van der Waals surface area (Å²) in [5.74, 6) is -0.925. The highest BCUT2D eigenvalue weighted by atomic mass is 35.5. The highest BCUT2D eigenvalue weighted by Crippen LogP contribution is 2.36. The van der Waals surface area contributed by atoms with Crippen LogP contribution < -0.4 is 16.8 Å². The van der Waals surface area contributed by atoms with Crippen LogP contribution in [0.25, 0.3) is 11.1 Å². The van der Waals surface area contributed by atoms with Crippen LogP contribution >= 0.6 is 22.9 Å². The van der Waals surface area contributed by atoms with Crippen molar-refractivity contribution in [3.05, 3.63) is 64.0 Å². The Morgan fingerprint density at radius 1 is 1.07 bits per heavy atom. The van der Waals surface area contributed by atoms with Crippen LogP contribution in [-0.2, 0) is 0 Å². The van der Waals surface area contributed by atoms with E-state index in [0.717, 1.165) is 5.56 Å². The summed E-state index contributed by atoms with van der Waals surface area (Å²) in [5.41, 5.74) is 14.0. The van der Waals surface area contributed by atoms with Gasteiger partial charge in [-0.15, -0.1) is 11.3 Å². The first-order valence-electron chi connectivity index (χ1n) is 7.88. The van der Waals surface area contributed by atoms with Gasteiger partial charge in [0.15, 0.2) is 5.78 Å². The molecule has 8 heteroatoms. The second-order valence-corrected chi connectivity index (χ2v) is 7.06. The van der Waals surface area contributed by atoms with Crippen LogP contribution in [0.15, 0.2) is 47.8 Å². The molecule has 6 N–H and O–H groups in total. The van der Waals surface area contributed by atoms with Crippen molar-refractivity contribution in [1.82, 2.24) is 0 Å². The zero-order chi connectivity index (χ0) is 19.6. The van der Waals surface area contributed by atoms with Gasteiger partial charge in [-0.25, -0.2) is 0 Å². The van der Waals surface area contributed by atoms with Crippen molar-refractivity contribution < 1.29 is 14.7 Å². The molecule has 0 unspecified atom stereocenters. The van der Waals surface area contributed by atoms with E-state index >= 15 is 0 Å². The van der Waals surface area contributed by atoms with E-state index in [0.29, 0.717) is 32.5 Å². The number of anilines is 3. The van der Waals surface area contributed by atoms with E-state index in [4.69, 9.17) is 23.1 Å². The first kappa shape index (κ1) is 18.9. The van der Waals surface area contributed by atoms with Crippen molar-refractivity contribution in [2.45, 2.75) is 0 Å². The molecule has 1 heterocycles. The molecule has 0 atom stereocenters. The molecule has 0 saturated heterocycles. The fraction of sp³-hybridized carbons (Fsp3) is 0.0526. The van der Waals surface area contributed by atoms with E-state index in [9.17, 15) is 14.7 Å². The Morgan fingerprint density at radius 2 is 1.78 bits per heavy atom. The molecule has 3 rings (SSSR count). The molecule has 0 bridgehead atoms. The van der Waals surface area contributed by atoms with Gasteiger partial charge in [0.05, 0.1) is 16.9 Å². The van der Waals surface area contributed by atoms with Gasteiger partial charge in [-0.3, -0.25) is 9.59 Å². The molecule has 138 valence electrons. The molecule has 2 aromatic carbocycles. The zero-order valence-corrected chi connectivity index (χ0v) is 15.6. The van der Waals surface area contributed by atoms with Gasteiger partial charge in [-0.1, -0.05) is 23.7 Å². The quantitative estimate of drug-likeness (QED) is 0.384. The number of ketones is 1. The lowest BCUT2D eigenvalue weighted by atomic mass is 10.0. The first-order chi connectivity index (χ1) is 12.9. The molecule has 0 aliphatic heterocycles. The van der Waals surface area contributed by atoms with Crippen molar-refractivity contribution in [2.75, 3.05) is 23.4 Å². The van der Waals surface area contributed by atoms with Gasteiger partial charge in [0, 0.05) is 21.5 Å². The lowest BCUT2D eigenvalue weighted by Gasteiger charge is -2.09. The molecule has 0 fully saturated rings. The summed E-state index contributed by atoms with van der Waals surface area (Å²) in [6.45, 7) is -0.672. The number of amides is 1. The first-order valence-corrected chi connectivity index (χ1v) is 9.14. The van der Waals surface area contributed by atoms with Gasteiger partial charge in [-0.2, -0.15) is 0 Å². The Bertz CT molecular complexity index is 1020. The number of aliphatic hydroxyl groups is 1. The Morgan fingerprint density at radius 3 is 2.41 bits per heavy atom. The second kappa shape index (κ2) is 7.79. The van der Waals surface area contributed by atoms with E-state index < -0.39 is 18.3 Å². The molecule has 0 aliphatic carbocycles. The third-order valence-electron chi connectivity index (χ3n) is 3.94. The van der Waals surface area contributed by atoms with E-state index in [1.165, 1.54) is 23.5 Å². The number of nitrogens with one attached hydrogen (secondary N) is 1. The fourth-order valence-corrected chi connectivity index (χ4v) is 3.65. The topological polar surface area (TPSA) is 118 Å². The van der Waals surface area contributed by atoms with Crippen LogP contribution in [0.3, 0.4) is 0 Å². The third kappa shape index (κ3) is 3.95. The monoisotopic (exact) mass is 401 g/mol. The van der Waals surface area contributed by atoms with E-state index in [-0.39, 0.29) is 5.56 Å². The fourth-order valence-electron chi connectivity index (χ4n) is 2.54. The van der Waals surface area contributed by atoms with Crippen LogP contribution in [-0.4, -0.2) is 23.4 Å². The third-order valence-corrected chi connectivity index (χ3v) is 5.09. The van der Waals surface area contributed by atoms with Crippen molar-refractivity contribution in [1.29, 1.82) is 0 Å². The molecule has 27 heavy (non-hydrogen) atoms. The number of rotatable bonds is 5. The molecule has 0 radical (unpaired) electrons. The van der Waals surface area contributed by atoms with E-state index in [1.54, 1.807) is 35.7 Å². The second-order valence-electron chi connectivity index (χ2n) is 5.74. The van der Waals surface area contributed by atoms with E-state index in [2.05, 4.69) is 5.32 Å². The van der Waals surface area contributed by atoms with Gasteiger partial charge in [0.1, 0.15) is 11.6 Å². The van der Waals surface area contributed by atoms with Crippen LogP contribution in [0.4, 0.5) is 16.4 Å². The maximum absolute atomic E-state index is 12.5. The minimum Gasteiger partial charge on any atom is -0.397 e. The Balaban J connectivity index is 1.97. The van der Waals surface area contributed by atoms with Gasteiger partial charge in [0.2, 0.25) is 0 Å². The Hall–Kier alpha value is -2.87. The number of Topliss-reactive ketones (excluding diaryl/α,β-unsaturated/α-hetero) is 1. The average Bonchev–Trinajstić information content (AvgIpc) is 3.07. The lowest BCUT2D eigenvalue weighted by molar-refractivity contribution is 0.0905. The Kier molecular flexibility index (Phi) is 5.46. The number of hydrogen-bond donors (Lipinski definition) is 4. The normalized spacial score (nSPS) is 10.6. The molecule has 6 nitrogen and oxygen atoms in total. The molecular weight excluding hydrogens is 386 g/mol. The SMILES string of the molecule is Nc1ccc(C(=O)Nc2scc(-c3ccc(Cl)cc3)c2C(=O)CO)cc1N. The van der Waals surface area contributed by atoms with Gasteiger partial charge in [0.25, 0.3) is 5.91 Å². The lowest BCUT2D eigenvalue weighted by Crippen LogP contribution is -2.15. The van der Waals surface area contributed by atoms with Gasteiger partial charge < -0.3 is 21.9 Å². The van der Waals surface area contributed by atoms with Gasteiger partial charge >= 0.3 is 0 Å². The number of hydrogen-bond acceptors (Lipinski definition) is 6. The number of carbonyl (C=O) groups excluding carboxylic acids is 2. The molecule has 1 aromatic heterocycles. The van der Waals surface area contributed by atoms with E-state index in [1.807, 2.05) is 0 Å². The molecule has 3 aromatic rings. The molecule has 0 aliphatic rings. The number of halogens is 1. The summed E-state index contributed by atoms with van der Waals surface area (Å²) < 4.78 is 0. The summed E-state index contributed by atoms with van der Waals surface area (Å²) >= 11 is 7.11. The maximum atomic E-state index is 12.5. The number of nitrogens with two attached hydrogens (primary N) is 2. The van der Waals surface area contributed by atoms with Crippen molar-refractivity contribution in [3.63, 3.8) is 0 Å². The summed E-state index contributed by atoms with van der Waals surface area (Å²) in [6.07, 6.45) is 0. The van der Waals surface area contributed by atoms with Crippen molar-refractivity contribution in [2.24, 2.45) is 0 Å². The number of aliphatic hydroxyl groups excluding tert-OH is 1. The predicted molar refractivity (Wildman–Crippen MR) is 109 cm³/mol. The van der Waals surface area contributed by atoms with Crippen LogP contribution in [0.5, 0.6) is 0 Å². The molecular formula is C19H16ClN3O3S. The minimum atomic E-state index is -0.672. The largest absolute Gasteiger partial charge is 0.397 e. The number of thiophene rings is 1. The van der Waals surface area contributed by atoms with Crippen LogP contribution in [0.2, 0.25) is 5.02 Å². The smallest absolute Gasteiger partial charge is 0.256 e.